The third-order valence-electron chi connectivity index (χ3n) is 2.88. The maximum absolute atomic E-state index is 12.4. The van der Waals surface area contributed by atoms with Crippen molar-refractivity contribution in [2.75, 3.05) is 5.32 Å². The number of carbonyl (C=O) groups excluding carboxylic acids is 1. The van der Waals surface area contributed by atoms with Gasteiger partial charge in [-0.25, -0.2) is 18.4 Å². The van der Waals surface area contributed by atoms with Gasteiger partial charge in [0.05, 0.1) is 17.5 Å². The summed E-state index contributed by atoms with van der Waals surface area (Å²) in [5.41, 5.74) is 1.17. The lowest BCUT2D eigenvalue weighted by molar-refractivity contribution is 0.102. The van der Waals surface area contributed by atoms with Gasteiger partial charge in [0.1, 0.15) is 0 Å². The van der Waals surface area contributed by atoms with E-state index in [-0.39, 0.29) is 11.5 Å². The number of nitrogens with one attached hydrogen (secondary N) is 2. The number of H-pyrrole nitrogens is 1. The normalized spacial score (nSPS) is 11.1. The highest BCUT2D eigenvalue weighted by atomic mass is 32.1. The first-order valence-corrected chi connectivity index (χ1v) is 7.46. The van der Waals surface area contributed by atoms with E-state index < -0.39 is 18.2 Å². The molecule has 2 N–H and O–H groups in total. The lowest BCUT2D eigenvalue weighted by atomic mass is 10.3. The first kappa shape index (κ1) is 15.2. The molecule has 1 amide bonds. The lowest BCUT2D eigenvalue weighted by Gasteiger charge is -1.96. The molecule has 0 saturated carbocycles. The van der Waals surface area contributed by atoms with Crippen LogP contribution in [-0.2, 0) is 6.42 Å². The van der Waals surface area contributed by atoms with Crippen molar-refractivity contribution in [1.82, 2.24) is 29.9 Å². The number of hydrogen-bond donors (Lipinski definition) is 2. The minimum absolute atomic E-state index is 0.222. The number of rotatable bonds is 5. The number of amides is 1. The Balaban J connectivity index is 1.72. The summed E-state index contributed by atoms with van der Waals surface area (Å²) in [5.74, 6) is -1.38. The van der Waals surface area contributed by atoms with Crippen molar-refractivity contribution in [2.24, 2.45) is 0 Å². The van der Waals surface area contributed by atoms with Crippen LogP contribution in [0.5, 0.6) is 0 Å². The second kappa shape index (κ2) is 6.20. The van der Waals surface area contributed by atoms with Crippen LogP contribution in [0.15, 0.2) is 17.8 Å². The smallest absolute Gasteiger partial charge is 0.289 e. The van der Waals surface area contributed by atoms with Crippen molar-refractivity contribution in [1.29, 1.82) is 0 Å². The molecule has 11 heteroatoms. The standard InChI is InChI=1S/C12H11F2N7OS/c1-2-7-5-23-12(16-7)21-4-6(3-15-21)10(22)18-11-17-9(8(13)14)19-20-11/h3-5,8H,2H2,1H3,(H2,17,18,19,20,22). The molecule has 23 heavy (non-hydrogen) atoms. The Hall–Kier alpha value is -2.69. The van der Waals surface area contributed by atoms with Gasteiger partial charge >= 0.3 is 0 Å². The summed E-state index contributed by atoms with van der Waals surface area (Å²) < 4.78 is 26.3. The fourth-order valence-corrected chi connectivity index (χ4v) is 2.55. The van der Waals surface area contributed by atoms with Gasteiger partial charge in [-0.2, -0.15) is 10.1 Å². The number of aromatic amines is 1. The van der Waals surface area contributed by atoms with E-state index in [1.807, 2.05) is 17.4 Å². The van der Waals surface area contributed by atoms with Gasteiger partial charge in [0, 0.05) is 11.6 Å². The Kier molecular flexibility index (Phi) is 4.10. The zero-order valence-corrected chi connectivity index (χ0v) is 12.6. The molecule has 8 nitrogen and oxygen atoms in total. The third kappa shape index (κ3) is 3.23. The van der Waals surface area contributed by atoms with Crippen molar-refractivity contribution in [3.05, 3.63) is 34.9 Å². The molecule has 0 atom stereocenters. The summed E-state index contributed by atoms with van der Waals surface area (Å²) in [7, 11) is 0. The highest BCUT2D eigenvalue weighted by molar-refractivity contribution is 7.12. The summed E-state index contributed by atoms with van der Waals surface area (Å²) in [5, 5.41) is 14.5. The molecule has 3 aromatic rings. The molecule has 0 aliphatic rings. The summed E-state index contributed by atoms with van der Waals surface area (Å²) in [6.07, 6.45) is 0.869. The van der Waals surface area contributed by atoms with E-state index in [1.54, 1.807) is 0 Å². The number of carbonyl (C=O) groups is 1. The fraction of sp³-hybridized carbons (Fsp3) is 0.250. The minimum Gasteiger partial charge on any atom is -0.289 e. The molecule has 0 unspecified atom stereocenters. The number of hydrogen-bond acceptors (Lipinski definition) is 6. The number of alkyl halides is 2. The molecule has 0 spiro atoms. The number of aromatic nitrogens is 6. The van der Waals surface area contributed by atoms with Gasteiger partial charge in [-0.05, 0) is 6.42 Å². The summed E-state index contributed by atoms with van der Waals surface area (Å²) >= 11 is 1.41. The molecule has 0 aromatic carbocycles. The summed E-state index contributed by atoms with van der Waals surface area (Å²) in [6, 6.07) is 0. The van der Waals surface area contributed by atoms with E-state index >= 15 is 0 Å². The highest BCUT2D eigenvalue weighted by Crippen LogP contribution is 2.17. The number of nitrogens with zero attached hydrogens (tertiary/aromatic N) is 5. The van der Waals surface area contributed by atoms with Crippen LogP contribution in [0.25, 0.3) is 5.13 Å². The first-order chi connectivity index (χ1) is 11.1. The monoisotopic (exact) mass is 339 g/mol. The zero-order chi connectivity index (χ0) is 16.4. The van der Waals surface area contributed by atoms with Crippen LogP contribution >= 0.6 is 11.3 Å². The minimum atomic E-state index is -2.78. The molecule has 0 aliphatic carbocycles. The molecule has 3 rings (SSSR count). The molecule has 0 saturated heterocycles. The largest absolute Gasteiger partial charge is 0.296 e. The number of thiazole rings is 1. The molecule has 120 valence electrons. The van der Waals surface area contributed by atoms with Gasteiger partial charge in [-0.15, -0.1) is 16.4 Å². The van der Waals surface area contributed by atoms with Crippen molar-refractivity contribution in [2.45, 2.75) is 19.8 Å². The molecule has 3 aromatic heterocycles. The molecular formula is C12H11F2N7OS. The molecule has 0 radical (unpaired) electrons. The van der Waals surface area contributed by atoms with Gasteiger partial charge < -0.3 is 0 Å². The SMILES string of the molecule is CCc1csc(-n2cc(C(=O)Nc3n[nH]c(C(F)F)n3)cn2)n1. The Morgan fingerprint density at radius 3 is 2.96 bits per heavy atom. The molecule has 3 heterocycles. The van der Waals surface area contributed by atoms with Gasteiger partial charge in [0.25, 0.3) is 12.3 Å². The van der Waals surface area contributed by atoms with Crippen LogP contribution in [0.3, 0.4) is 0 Å². The van der Waals surface area contributed by atoms with E-state index in [0.717, 1.165) is 12.1 Å². The van der Waals surface area contributed by atoms with Crippen molar-refractivity contribution < 1.29 is 13.6 Å². The Morgan fingerprint density at radius 2 is 2.30 bits per heavy atom. The van der Waals surface area contributed by atoms with E-state index in [9.17, 15) is 13.6 Å². The number of aryl methyl sites for hydroxylation is 1. The third-order valence-corrected chi connectivity index (χ3v) is 3.76. The average Bonchev–Trinajstić information content (AvgIpc) is 3.26. The molecule has 0 fully saturated rings. The van der Waals surface area contributed by atoms with E-state index in [1.165, 1.54) is 28.4 Å². The van der Waals surface area contributed by atoms with E-state index in [4.69, 9.17) is 0 Å². The second-order valence-electron chi connectivity index (χ2n) is 4.45. The van der Waals surface area contributed by atoms with Gasteiger partial charge in [0.2, 0.25) is 11.1 Å². The zero-order valence-electron chi connectivity index (χ0n) is 11.8. The van der Waals surface area contributed by atoms with Crippen LogP contribution in [0.1, 0.15) is 35.2 Å². The highest BCUT2D eigenvalue weighted by Gasteiger charge is 2.16. The Morgan fingerprint density at radius 1 is 1.48 bits per heavy atom. The quantitative estimate of drug-likeness (QED) is 0.742. The molecule has 0 bridgehead atoms. The predicted molar refractivity (Wildman–Crippen MR) is 77.9 cm³/mol. The van der Waals surface area contributed by atoms with Gasteiger partial charge in [0.15, 0.2) is 5.82 Å². The van der Waals surface area contributed by atoms with Crippen molar-refractivity contribution >= 4 is 23.2 Å². The number of halogens is 2. The predicted octanol–water partition coefficient (Wildman–Crippen LogP) is 2.20. The molecular weight excluding hydrogens is 328 g/mol. The Bertz CT molecular complexity index is 825. The van der Waals surface area contributed by atoms with Crippen LogP contribution in [0.2, 0.25) is 0 Å². The van der Waals surface area contributed by atoms with Crippen LogP contribution < -0.4 is 5.32 Å². The number of anilines is 1. The fourth-order valence-electron chi connectivity index (χ4n) is 1.71. The second-order valence-corrected chi connectivity index (χ2v) is 5.28. The molecule has 0 aliphatic heterocycles. The summed E-state index contributed by atoms with van der Waals surface area (Å²) in [6.45, 7) is 1.99. The maximum Gasteiger partial charge on any atom is 0.296 e. The van der Waals surface area contributed by atoms with Gasteiger partial charge in [-0.1, -0.05) is 6.92 Å². The Labute approximate surface area is 132 Å². The van der Waals surface area contributed by atoms with Crippen LogP contribution in [0, 0.1) is 0 Å². The van der Waals surface area contributed by atoms with Crippen molar-refractivity contribution in [3.63, 3.8) is 0 Å². The summed E-state index contributed by atoms with van der Waals surface area (Å²) in [4.78, 5) is 19.9. The van der Waals surface area contributed by atoms with Crippen LogP contribution in [0.4, 0.5) is 14.7 Å². The topological polar surface area (TPSA) is 101 Å². The van der Waals surface area contributed by atoms with E-state index in [2.05, 4.69) is 25.5 Å². The van der Waals surface area contributed by atoms with Crippen LogP contribution in [-0.4, -0.2) is 35.9 Å². The maximum atomic E-state index is 12.4. The average molecular weight is 339 g/mol. The first-order valence-electron chi connectivity index (χ1n) is 6.58. The van der Waals surface area contributed by atoms with E-state index in [0.29, 0.717) is 5.13 Å². The van der Waals surface area contributed by atoms with Gasteiger partial charge in [-0.3, -0.25) is 15.2 Å². The lowest BCUT2D eigenvalue weighted by Crippen LogP contribution is -2.12. The van der Waals surface area contributed by atoms with Crippen molar-refractivity contribution in [3.8, 4) is 5.13 Å².